The van der Waals surface area contributed by atoms with Crippen LogP contribution in [0.5, 0.6) is 0 Å². The van der Waals surface area contributed by atoms with E-state index < -0.39 is 0 Å². The summed E-state index contributed by atoms with van der Waals surface area (Å²) in [6.45, 7) is 11.2. The highest BCUT2D eigenvalue weighted by atomic mass is 16.5. The van der Waals surface area contributed by atoms with Gasteiger partial charge < -0.3 is 10.1 Å². The van der Waals surface area contributed by atoms with Crippen molar-refractivity contribution in [3.8, 4) is 0 Å². The SMILES string of the molecule is C=CC1=C(OCC)CN=CNC1=NC.CC1=CCC(C)C=C1. The van der Waals surface area contributed by atoms with Gasteiger partial charge in [-0.05, 0) is 26.2 Å². The fraction of sp³-hybridized carbons (Fsp3) is 0.444. The Bertz CT molecular complexity index is 524. The molecule has 0 bridgehead atoms. The van der Waals surface area contributed by atoms with E-state index in [-0.39, 0.29) is 0 Å². The van der Waals surface area contributed by atoms with Crippen molar-refractivity contribution in [2.45, 2.75) is 27.2 Å². The van der Waals surface area contributed by atoms with Crippen LogP contribution in [0.4, 0.5) is 0 Å². The summed E-state index contributed by atoms with van der Waals surface area (Å²) in [7, 11) is 1.72. The van der Waals surface area contributed by atoms with E-state index in [1.54, 1.807) is 19.5 Å². The second-order valence-electron chi connectivity index (χ2n) is 5.18. The second kappa shape index (κ2) is 9.77. The molecular weight excluding hydrogens is 274 g/mol. The van der Waals surface area contributed by atoms with Gasteiger partial charge in [-0.15, -0.1) is 0 Å². The second-order valence-corrected chi connectivity index (χ2v) is 5.18. The van der Waals surface area contributed by atoms with E-state index in [1.807, 2.05) is 6.92 Å². The van der Waals surface area contributed by atoms with E-state index in [0.29, 0.717) is 13.2 Å². The molecule has 0 amide bonds. The highest BCUT2D eigenvalue weighted by Gasteiger charge is 2.12. The van der Waals surface area contributed by atoms with Crippen LogP contribution < -0.4 is 5.32 Å². The molecule has 0 saturated heterocycles. The predicted octanol–water partition coefficient (Wildman–Crippen LogP) is 3.65. The lowest BCUT2D eigenvalue weighted by Gasteiger charge is -2.10. The van der Waals surface area contributed by atoms with E-state index in [2.05, 4.69) is 54.0 Å². The molecule has 2 rings (SSSR count). The normalized spacial score (nSPS) is 22.3. The molecule has 2 aliphatic rings. The van der Waals surface area contributed by atoms with Crippen molar-refractivity contribution in [2.24, 2.45) is 15.9 Å². The van der Waals surface area contributed by atoms with Gasteiger partial charge in [0.25, 0.3) is 0 Å². The van der Waals surface area contributed by atoms with Crippen molar-refractivity contribution in [3.63, 3.8) is 0 Å². The van der Waals surface area contributed by atoms with Gasteiger partial charge in [0.2, 0.25) is 0 Å². The number of rotatable bonds is 3. The van der Waals surface area contributed by atoms with Gasteiger partial charge in [-0.2, -0.15) is 0 Å². The average molecular weight is 301 g/mol. The van der Waals surface area contributed by atoms with Gasteiger partial charge in [-0.25, -0.2) is 0 Å². The predicted molar refractivity (Wildman–Crippen MR) is 95.4 cm³/mol. The van der Waals surface area contributed by atoms with Crippen molar-refractivity contribution < 1.29 is 4.74 Å². The number of nitrogens with zero attached hydrogens (tertiary/aromatic N) is 2. The summed E-state index contributed by atoms with van der Waals surface area (Å²) in [5.41, 5.74) is 2.29. The number of hydrogen-bond donors (Lipinski definition) is 1. The van der Waals surface area contributed by atoms with Gasteiger partial charge >= 0.3 is 0 Å². The number of hydrogen-bond acceptors (Lipinski definition) is 3. The maximum absolute atomic E-state index is 5.47. The first kappa shape index (κ1) is 18.0. The maximum Gasteiger partial charge on any atom is 0.136 e. The third kappa shape index (κ3) is 5.72. The van der Waals surface area contributed by atoms with Crippen LogP contribution in [-0.2, 0) is 4.74 Å². The lowest BCUT2D eigenvalue weighted by Crippen LogP contribution is -2.22. The highest BCUT2D eigenvalue weighted by Crippen LogP contribution is 2.14. The van der Waals surface area contributed by atoms with Crippen LogP contribution in [0, 0.1) is 5.92 Å². The first-order valence-electron chi connectivity index (χ1n) is 7.67. The van der Waals surface area contributed by atoms with E-state index in [0.717, 1.165) is 23.1 Å². The molecule has 0 aromatic carbocycles. The van der Waals surface area contributed by atoms with Gasteiger partial charge in [0.05, 0.1) is 25.1 Å². The number of nitrogens with one attached hydrogen (secondary N) is 1. The lowest BCUT2D eigenvalue weighted by atomic mass is 10.00. The molecule has 120 valence electrons. The molecule has 4 nitrogen and oxygen atoms in total. The first-order valence-corrected chi connectivity index (χ1v) is 7.67. The summed E-state index contributed by atoms with van der Waals surface area (Å²) < 4.78 is 5.47. The van der Waals surface area contributed by atoms with Crippen LogP contribution in [0.25, 0.3) is 0 Å². The molecule has 0 aromatic rings. The molecule has 0 aromatic heterocycles. The quantitative estimate of drug-likeness (QED) is 0.865. The van der Waals surface area contributed by atoms with Crippen LogP contribution >= 0.6 is 0 Å². The van der Waals surface area contributed by atoms with Crippen molar-refractivity contribution in [3.05, 3.63) is 47.8 Å². The largest absolute Gasteiger partial charge is 0.495 e. The van der Waals surface area contributed by atoms with Gasteiger partial charge in [0, 0.05) is 7.05 Å². The number of ether oxygens (including phenoxy) is 1. The first-order chi connectivity index (χ1) is 10.6. The smallest absolute Gasteiger partial charge is 0.136 e. The maximum atomic E-state index is 5.47. The molecule has 0 fully saturated rings. The fourth-order valence-electron chi connectivity index (χ4n) is 2.06. The molecule has 1 aliphatic carbocycles. The van der Waals surface area contributed by atoms with Crippen molar-refractivity contribution in [1.82, 2.24) is 5.32 Å². The van der Waals surface area contributed by atoms with Gasteiger partial charge in [0.15, 0.2) is 0 Å². The molecule has 1 N–H and O–H groups in total. The van der Waals surface area contributed by atoms with Crippen LogP contribution in [0.2, 0.25) is 0 Å². The lowest BCUT2D eigenvalue weighted by molar-refractivity contribution is 0.225. The Labute approximate surface area is 134 Å². The van der Waals surface area contributed by atoms with E-state index in [1.165, 1.54) is 12.0 Å². The number of allylic oxidation sites excluding steroid dienone is 4. The Morgan fingerprint density at radius 2 is 2.32 bits per heavy atom. The molecule has 1 aliphatic heterocycles. The minimum absolute atomic E-state index is 0.529. The number of aliphatic imine (C=N–C) groups is 2. The number of amidine groups is 1. The van der Waals surface area contributed by atoms with Crippen molar-refractivity contribution in [2.75, 3.05) is 20.2 Å². The molecule has 4 heteroatoms. The van der Waals surface area contributed by atoms with Crippen LogP contribution in [0.3, 0.4) is 0 Å². The van der Waals surface area contributed by atoms with Gasteiger partial charge in [-0.1, -0.05) is 43.4 Å². The Morgan fingerprint density at radius 1 is 1.55 bits per heavy atom. The van der Waals surface area contributed by atoms with Crippen LogP contribution in [0.1, 0.15) is 27.2 Å². The van der Waals surface area contributed by atoms with Gasteiger partial charge in [-0.3, -0.25) is 9.98 Å². The summed E-state index contributed by atoms with van der Waals surface area (Å²) in [6.07, 6.45) is 11.3. The third-order valence-corrected chi connectivity index (χ3v) is 3.33. The minimum Gasteiger partial charge on any atom is -0.495 e. The van der Waals surface area contributed by atoms with Gasteiger partial charge in [0.1, 0.15) is 11.6 Å². The molecular formula is C18H27N3O. The highest BCUT2D eigenvalue weighted by molar-refractivity contribution is 6.06. The van der Waals surface area contributed by atoms with Crippen molar-refractivity contribution >= 4 is 12.2 Å². The zero-order valence-corrected chi connectivity index (χ0v) is 14.1. The Morgan fingerprint density at radius 3 is 2.82 bits per heavy atom. The summed E-state index contributed by atoms with van der Waals surface area (Å²) >= 11 is 0. The van der Waals surface area contributed by atoms with E-state index >= 15 is 0 Å². The van der Waals surface area contributed by atoms with E-state index in [4.69, 9.17) is 4.74 Å². The Balaban J connectivity index is 0.000000255. The van der Waals surface area contributed by atoms with Crippen LogP contribution in [0.15, 0.2) is 57.8 Å². The third-order valence-electron chi connectivity index (χ3n) is 3.33. The summed E-state index contributed by atoms with van der Waals surface area (Å²) in [5, 5.41) is 2.97. The zero-order valence-electron chi connectivity index (χ0n) is 14.1. The van der Waals surface area contributed by atoms with E-state index in [9.17, 15) is 0 Å². The van der Waals surface area contributed by atoms with Crippen LogP contribution in [-0.4, -0.2) is 32.4 Å². The summed E-state index contributed by atoms with van der Waals surface area (Å²) in [4.78, 5) is 8.22. The molecule has 0 saturated carbocycles. The summed E-state index contributed by atoms with van der Waals surface area (Å²) in [5.74, 6) is 2.31. The standard InChI is InChI=1S/C10H15N3O.C8H12/c1-4-8-9(14-5-2)6-12-7-13-10(8)11-3;1-7-3-5-8(2)6-4-7/h4,7H,1,5-6H2,2-3H3,(H,11,12,13);3-5,8H,6H2,1-2H3. The Hall–Kier alpha value is -2.10. The minimum atomic E-state index is 0.529. The molecule has 22 heavy (non-hydrogen) atoms. The fourth-order valence-corrected chi connectivity index (χ4v) is 2.06. The molecule has 1 heterocycles. The molecule has 0 radical (unpaired) electrons. The molecule has 1 atom stereocenters. The monoisotopic (exact) mass is 301 g/mol. The van der Waals surface area contributed by atoms with Crippen molar-refractivity contribution in [1.29, 1.82) is 0 Å². The zero-order chi connectivity index (χ0) is 16.4. The Kier molecular flexibility index (Phi) is 7.97. The molecule has 1 unspecified atom stereocenters. The molecule has 0 spiro atoms. The topological polar surface area (TPSA) is 46.0 Å². The summed E-state index contributed by atoms with van der Waals surface area (Å²) in [6, 6.07) is 0. The average Bonchev–Trinajstić information content (AvgIpc) is 2.72.